The molecular formula is C35H47FN4O9. The van der Waals surface area contributed by atoms with E-state index in [-0.39, 0.29) is 51.2 Å². The molecule has 3 aliphatic heterocycles. The molecule has 1 saturated heterocycles. The Hall–Kier alpha value is -4.20. The molecule has 1 saturated carbocycles. The third kappa shape index (κ3) is 8.17. The number of carbonyl (C=O) groups excluding carboxylic acids is 4. The Morgan fingerprint density at radius 1 is 1.16 bits per heavy atom. The number of fused-ring (bicyclic) bond motifs is 3. The summed E-state index contributed by atoms with van der Waals surface area (Å²) in [5.74, 6) is -3.18. The summed E-state index contributed by atoms with van der Waals surface area (Å²) in [7, 11) is 1.48. The average molecular weight is 687 g/mol. The van der Waals surface area contributed by atoms with Crippen LogP contribution in [0.2, 0.25) is 0 Å². The zero-order chi connectivity index (χ0) is 35.5. The zero-order valence-corrected chi connectivity index (χ0v) is 28.5. The van der Waals surface area contributed by atoms with E-state index in [1.165, 1.54) is 23.0 Å². The van der Waals surface area contributed by atoms with E-state index in [9.17, 15) is 33.5 Å². The molecule has 14 heteroatoms. The summed E-state index contributed by atoms with van der Waals surface area (Å²) < 4.78 is 31.3. The van der Waals surface area contributed by atoms with Gasteiger partial charge in [-0.15, -0.1) is 0 Å². The van der Waals surface area contributed by atoms with Crippen molar-refractivity contribution in [3.8, 4) is 0 Å². The lowest BCUT2D eigenvalue weighted by atomic mass is 9.93. The van der Waals surface area contributed by atoms with Gasteiger partial charge in [-0.1, -0.05) is 37.1 Å². The highest BCUT2D eigenvalue weighted by Gasteiger charge is 2.61. The molecule has 0 radical (unpaired) electrons. The lowest BCUT2D eigenvalue weighted by Gasteiger charge is -2.36. The third-order valence-corrected chi connectivity index (χ3v) is 9.63. The average Bonchev–Trinajstić information content (AvgIpc) is 3.56. The number of carbonyl (C=O) groups is 5. The first-order valence-electron chi connectivity index (χ1n) is 17.0. The number of allylic oxidation sites excluding steroid dienone is 1. The van der Waals surface area contributed by atoms with E-state index in [1.807, 2.05) is 12.2 Å². The van der Waals surface area contributed by atoms with E-state index < -0.39 is 71.3 Å². The number of methoxy groups -OCH3 is 1. The molecule has 3 heterocycles. The number of carboxylic acid groups (broad SMARTS) is 1. The number of nitrogens with zero attached hydrogens (tertiary/aromatic N) is 2. The molecular weight excluding hydrogens is 639 g/mol. The second kappa shape index (κ2) is 14.7. The Bertz CT molecular complexity index is 1480. The first-order chi connectivity index (χ1) is 23.2. The van der Waals surface area contributed by atoms with E-state index in [0.29, 0.717) is 24.0 Å². The second-order valence-electron chi connectivity index (χ2n) is 14.3. The largest absolute Gasteiger partial charge is 0.479 e. The van der Waals surface area contributed by atoms with Crippen molar-refractivity contribution in [3.05, 3.63) is 47.3 Å². The predicted molar refractivity (Wildman–Crippen MR) is 174 cm³/mol. The van der Waals surface area contributed by atoms with Crippen molar-refractivity contribution in [3.63, 3.8) is 0 Å². The van der Waals surface area contributed by atoms with Crippen molar-refractivity contribution >= 4 is 30.0 Å². The van der Waals surface area contributed by atoms with Crippen LogP contribution in [-0.2, 0) is 35.0 Å². The Kier molecular flexibility index (Phi) is 10.9. The summed E-state index contributed by atoms with van der Waals surface area (Å²) >= 11 is 0. The molecule has 1 aromatic rings. The first-order valence-corrected chi connectivity index (χ1v) is 17.0. The van der Waals surface area contributed by atoms with Gasteiger partial charge in [-0.2, -0.15) is 0 Å². The molecule has 6 atom stereocenters. The van der Waals surface area contributed by atoms with Crippen LogP contribution in [0.3, 0.4) is 0 Å². The number of amides is 4. The van der Waals surface area contributed by atoms with Crippen molar-refractivity contribution < 1.29 is 47.7 Å². The molecule has 1 aromatic carbocycles. The van der Waals surface area contributed by atoms with Gasteiger partial charge in [0.25, 0.3) is 0 Å². The number of benzene rings is 1. The molecule has 49 heavy (non-hydrogen) atoms. The molecule has 4 aliphatic rings. The third-order valence-electron chi connectivity index (χ3n) is 9.63. The molecule has 0 spiro atoms. The summed E-state index contributed by atoms with van der Waals surface area (Å²) in [5.41, 5.74) is -1.20. The van der Waals surface area contributed by atoms with Crippen LogP contribution in [0.15, 0.2) is 30.4 Å². The van der Waals surface area contributed by atoms with Gasteiger partial charge >= 0.3 is 18.2 Å². The van der Waals surface area contributed by atoms with Crippen molar-refractivity contribution in [1.29, 1.82) is 0 Å². The van der Waals surface area contributed by atoms with Gasteiger partial charge in [-0.05, 0) is 70.1 Å². The number of halogens is 1. The molecule has 0 bridgehead atoms. The number of hydrogen-bond donors (Lipinski definition) is 3. The fourth-order valence-corrected chi connectivity index (χ4v) is 7.07. The summed E-state index contributed by atoms with van der Waals surface area (Å²) in [6.45, 7) is 5.21. The maximum Gasteiger partial charge on any atom is 0.410 e. The molecule has 2 fully saturated rings. The molecule has 3 N–H and O–H groups in total. The minimum atomic E-state index is -1.50. The molecule has 13 nitrogen and oxygen atoms in total. The smallest absolute Gasteiger partial charge is 0.410 e. The second-order valence-corrected chi connectivity index (χ2v) is 14.3. The van der Waals surface area contributed by atoms with Gasteiger partial charge in [0.1, 0.15) is 35.1 Å². The Labute approximate surface area is 285 Å². The highest BCUT2D eigenvalue weighted by Crippen LogP contribution is 2.45. The highest BCUT2D eigenvalue weighted by molar-refractivity contribution is 5.96. The highest BCUT2D eigenvalue weighted by atomic mass is 19.1. The molecule has 5 rings (SSSR count). The number of aliphatic carboxylic acids is 1. The number of ether oxygens (including phenoxy) is 3. The number of nitrogens with one attached hydrogen (secondary N) is 2. The van der Waals surface area contributed by atoms with E-state index in [1.54, 1.807) is 32.9 Å². The van der Waals surface area contributed by atoms with Crippen LogP contribution in [-0.4, -0.2) is 101 Å². The van der Waals surface area contributed by atoms with Crippen molar-refractivity contribution in [1.82, 2.24) is 20.4 Å². The minimum Gasteiger partial charge on any atom is -0.479 e. The van der Waals surface area contributed by atoms with Gasteiger partial charge < -0.3 is 34.9 Å². The monoisotopic (exact) mass is 686 g/mol. The van der Waals surface area contributed by atoms with Gasteiger partial charge in [-0.3, -0.25) is 14.5 Å². The fraction of sp³-hybridized carbons (Fsp3) is 0.629. The summed E-state index contributed by atoms with van der Waals surface area (Å²) in [4.78, 5) is 69.7. The fourth-order valence-electron chi connectivity index (χ4n) is 7.07. The summed E-state index contributed by atoms with van der Waals surface area (Å²) in [6.07, 6.45) is 4.85. The van der Waals surface area contributed by atoms with E-state index >= 15 is 0 Å². The van der Waals surface area contributed by atoms with Crippen LogP contribution in [0.25, 0.3) is 0 Å². The van der Waals surface area contributed by atoms with Crippen LogP contribution in [0, 0.1) is 11.7 Å². The Morgan fingerprint density at radius 2 is 1.94 bits per heavy atom. The van der Waals surface area contributed by atoms with Crippen LogP contribution >= 0.6 is 0 Å². The van der Waals surface area contributed by atoms with E-state index in [2.05, 4.69) is 10.6 Å². The van der Waals surface area contributed by atoms with Gasteiger partial charge in [0, 0.05) is 26.0 Å². The topological polar surface area (TPSA) is 164 Å². The predicted octanol–water partition coefficient (Wildman–Crippen LogP) is 3.85. The van der Waals surface area contributed by atoms with Crippen LogP contribution in [0.1, 0.15) is 82.9 Å². The van der Waals surface area contributed by atoms with Crippen LogP contribution in [0.4, 0.5) is 14.0 Å². The maximum absolute atomic E-state index is 14.6. The molecule has 1 unspecified atom stereocenters. The minimum absolute atomic E-state index is 0.0906. The quantitative estimate of drug-likeness (QED) is 0.391. The SMILES string of the molecule is COCC1c2cccc(F)c2CCN1C(=O)O[C@@H]1C[C@H]2C(=O)N[C@]3(C(=O)O)C[C@H]3C=CCCCCC[C@H](NC(=O)OC(C)(C)C)C(=O)N2C1. The maximum atomic E-state index is 14.6. The molecule has 268 valence electrons. The summed E-state index contributed by atoms with van der Waals surface area (Å²) in [6, 6.07) is 1.86. The first kappa shape index (κ1) is 36.1. The van der Waals surface area contributed by atoms with Gasteiger partial charge in [0.05, 0.1) is 19.2 Å². The number of carboxylic acids is 1. The Morgan fingerprint density at radius 3 is 2.65 bits per heavy atom. The molecule has 4 amide bonds. The van der Waals surface area contributed by atoms with E-state index in [0.717, 1.165) is 12.8 Å². The Balaban J connectivity index is 1.40. The van der Waals surface area contributed by atoms with Gasteiger partial charge in [-0.25, -0.2) is 18.8 Å². The number of hydrogen-bond acceptors (Lipinski definition) is 8. The number of rotatable bonds is 5. The standard InChI is InChI=1S/C35H47FN4O9/c1-34(2,3)49-32(45)37-26-14-9-7-5-6-8-11-21-18-35(21,31(43)44)38-29(41)27-17-22(19-40(27)30(26)42)48-33(46)39-16-15-23-24(28(39)20-47-4)12-10-13-25(23)36/h8,10-13,21-22,26-28H,5-7,9,14-20H2,1-4H3,(H,37,45)(H,38,41)(H,43,44)/t21-,22-,26+,27+,28?,35-/m1/s1. The summed E-state index contributed by atoms with van der Waals surface area (Å²) in [5, 5.41) is 15.5. The van der Waals surface area contributed by atoms with Gasteiger partial charge in [0.15, 0.2) is 0 Å². The lowest BCUT2D eigenvalue weighted by molar-refractivity contribution is -0.145. The molecule has 0 aromatic heterocycles. The van der Waals surface area contributed by atoms with Crippen molar-refractivity contribution in [2.24, 2.45) is 5.92 Å². The van der Waals surface area contributed by atoms with E-state index in [4.69, 9.17) is 14.2 Å². The lowest BCUT2D eigenvalue weighted by Crippen LogP contribution is -2.56. The normalized spacial score (nSPS) is 29.0. The van der Waals surface area contributed by atoms with Gasteiger partial charge in [0.2, 0.25) is 11.8 Å². The molecule has 1 aliphatic carbocycles. The van der Waals surface area contributed by atoms with Crippen molar-refractivity contribution in [2.75, 3.05) is 26.8 Å². The zero-order valence-electron chi connectivity index (χ0n) is 28.5. The van der Waals surface area contributed by atoms with Crippen LogP contribution < -0.4 is 10.6 Å². The number of alkyl carbamates (subject to hydrolysis) is 1. The van der Waals surface area contributed by atoms with Crippen LogP contribution in [0.5, 0.6) is 0 Å². The van der Waals surface area contributed by atoms with Crippen molar-refractivity contribution in [2.45, 2.75) is 108 Å².